The Kier molecular flexibility index (Phi) is 11.5. The van der Waals surface area contributed by atoms with Crippen molar-refractivity contribution >= 4 is 30.1 Å². The molecule has 1 aromatic rings. The SMILES string of the molecule is CC(=O)OCC(O[C@H](CN=Cc1c(O)n(C)c(=O)n(C)c1=O)OC(C)=O)[C@H](COC(C)=O)OC(C)=O. The van der Waals surface area contributed by atoms with E-state index in [-0.39, 0.29) is 5.56 Å². The average molecular weight is 515 g/mol. The van der Waals surface area contributed by atoms with Crippen molar-refractivity contribution in [2.24, 2.45) is 19.1 Å². The van der Waals surface area contributed by atoms with Crippen molar-refractivity contribution in [3.63, 3.8) is 0 Å². The number of hydrogen-bond acceptors (Lipinski definition) is 13. The van der Waals surface area contributed by atoms with E-state index >= 15 is 0 Å². The van der Waals surface area contributed by atoms with E-state index in [2.05, 4.69) is 4.99 Å². The van der Waals surface area contributed by atoms with Gasteiger partial charge >= 0.3 is 29.6 Å². The summed E-state index contributed by atoms with van der Waals surface area (Å²) in [6.07, 6.45) is -3.02. The molecule has 0 aromatic carbocycles. The van der Waals surface area contributed by atoms with Crippen LogP contribution in [0.1, 0.15) is 33.3 Å². The molecule has 15 heteroatoms. The Morgan fingerprint density at radius 3 is 1.89 bits per heavy atom. The van der Waals surface area contributed by atoms with Gasteiger partial charge in [0, 0.05) is 48.0 Å². The Morgan fingerprint density at radius 2 is 1.39 bits per heavy atom. The zero-order valence-electron chi connectivity index (χ0n) is 20.7. The minimum Gasteiger partial charge on any atom is -0.494 e. The van der Waals surface area contributed by atoms with Crippen LogP contribution in [0.3, 0.4) is 0 Å². The van der Waals surface area contributed by atoms with Crippen molar-refractivity contribution in [2.75, 3.05) is 19.8 Å². The minimum absolute atomic E-state index is 0.315. The van der Waals surface area contributed by atoms with Gasteiger partial charge in [-0.05, 0) is 0 Å². The molecule has 0 aliphatic rings. The molecular weight excluding hydrogens is 486 g/mol. The maximum atomic E-state index is 12.3. The van der Waals surface area contributed by atoms with Crippen LogP contribution in [0.15, 0.2) is 14.6 Å². The van der Waals surface area contributed by atoms with Crippen molar-refractivity contribution in [3.8, 4) is 5.88 Å². The normalized spacial score (nSPS) is 13.5. The van der Waals surface area contributed by atoms with E-state index in [4.69, 9.17) is 23.7 Å². The fourth-order valence-corrected chi connectivity index (χ4v) is 2.75. The topological polar surface area (TPSA) is 191 Å². The van der Waals surface area contributed by atoms with Crippen molar-refractivity contribution in [3.05, 3.63) is 26.4 Å². The second-order valence-corrected chi connectivity index (χ2v) is 7.40. The highest BCUT2D eigenvalue weighted by molar-refractivity contribution is 5.81. The highest BCUT2D eigenvalue weighted by Crippen LogP contribution is 2.13. The molecule has 0 radical (unpaired) electrons. The van der Waals surface area contributed by atoms with Gasteiger partial charge in [0.15, 0.2) is 6.10 Å². The smallest absolute Gasteiger partial charge is 0.333 e. The van der Waals surface area contributed by atoms with Gasteiger partial charge in [-0.2, -0.15) is 0 Å². The fourth-order valence-electron chi connectivity index (χ4n) is 2.75. The van der Waals surface area contributed by atoms with Crippen LogP contribution < -0.4 is 11.2 Å². The summed E-state index contributed by atoms with van der Waals surface area (Å²) in [4.78, 5) is 73.9. The summed E-state index contributed by atoms with van der Waals surface area (Å²) >= 11 is 0. The van der Waals surface area contributed by atoms with Crippen LogP contribution in [0.25, 0.3) is 0 Å². The molecule has 0 aliphatic carbocycles. The van der Waals surface area contributed by atoms with Gasteiger partial charge in [0.2, 0.25) is 12.2 Å². The lowest BCUT2D eigenvalue weighted by molar-refractivity contribution is -0.214. The van der Waals surface area contributed by atoms with E-state index in [1.807, 2.05) is 0 Å². The van der Waals surface area contributed by atoms with E-state index in [1.54, 1.807) is 0 Å². The molecule has 0 spiro atoms. The molecule has 1 rings (SSSR count). The van der Waals surface area contributed by atoms with Gasteiger partial charge in [-0.25, -0.2) is 4.79 Å². The fraction of sp³-hybridized carbons (Fsp3) is 0.571. The Hall–Kier alpha value is -4.01. The number of carbonyl (C=O) groups excluding carboxylic acids is 4. The largest absolute Gasteiger partial charge is 0.494 e. The number of esters is 4. The standard InChI is InChI=1S/C21H29N3O12/c1-11(25)32-9-16(34-13(3)27)17(10-33-12(2)26)36-18(35-14(4)28)8-22-7-15-19(29)23(5)21(31)24(6)20(15)30/h7,16-18,29H,8-10H2,1-6H3/t16-,17?,18+/m0/s1. The summed E-state index contributed by atoms with van der Waals surface area (Å²) in [7, 11) is 2.46. The summed E-state index contributed by atoms with van der Waals surface area (Å²) in [5.41, 5.74) is -1.90. The lowest BCUT2D eigenvalue weighted by Gasteiger charge is -2.29. The third-order valence-electron chi connectivity index (χ3n) is 4.40. The molecule has 3 atom stereocenters. The Morgan fingerprint density at radius 1 is 0.861 bits per heavy atom. The predicted molar refractivity (Wildman–Crippen MR) is 120 cm³/mol. The van der Waals surface area contributed by atoms with Gasteiger partial charge < -0.3 is 28.8 Å². The summed E-state index contributed by atoms with van der Waals surface area (Å²) in [5.74, 6) is -3.56. The average Bonchev–Trinajstić information content (AvgIpc) is 2.78. The summed E-state index contributed by atoms with van der Waals surface area (Å²) in [6, 6.07) is 0. The highest BCUT2D eigenvalue weighted by Gasteiger charge is 2.31. The number of aliphatic imine (C=N–C) groups is 1. The molecule has 0 amide bonds. The maximum Gasteiger partial charge on any atom is 0.333 e. The van der Waals surface area contributed by atoms with Crippen molar-refractivity contribution in [1.29, 1.82) is 0 Å². The minimum atomic E-state index is -1.45. The van der Waals surface area contributed by atoms with E-state index < -0.39 is 79.3 Å². The molecule has 0 saturated carbocycles. The Balaban J connectivity index is 3.24. The van der Waals surface area contributed by atoms with Crippen molar-refractivity contribution in [1.82, 2.24) is 9.13 Å². The number of ether oxygens (including phenoxy) is 5. The first kappa shape index (κ1) is 30.0. The Labute approximate surface area is 205 Å². The molecule has 0 aliphatic heterocycles. The molecule has 0 bridgehead atoms. The van der Waals surface area contributed by atoms with Gasteiger partial charge in [0.05, 0.1) is 0 Å². The lowest BCUT2D eigenvalue weighted by atomic mass is 10.2. The summed E-state index contributed by atoms with van der Waals surface area (Å²) in [5, 5.41) is 10.1. The number of hydrogen-bond donors (Lipinski definition) is 1. The van der Waals surface area contributed by atoms with Crippen molar-refractivity contribution in [2.45, 2.75) is 46.2 Å². The van der Waals surface area contributed by atoms with E-state index in [9.17, 15) is 33.9 Å². The highest BCUT2D eigenvalue weighted by atomic mass is 16.7. The first-order chi connectivity index (χ1) is 16.7. The zero-order valence-corrected chi connectivity index (χ0v) is 20.7. The number of carbonyl (C=O) groups is 4. The van der Waals surface area contributed by atoms with E-state index in [0.29, 0.717) is 0 Å². The number of aromatic hydroxyl groups is 1. The Bertz CT molecular complexity index is 1120. The lowest BCUT2D eigenvalue weighted by Crippen LogP contribution is -2.44. The van der Waals surface area contributed by atoms with E-state index in [1.165, 1.54) is 14.1 Å². The van der Waals surface area contributed by atoms with Crippen LogP contribution >= 0.6 is 0 Å². The maximum absolute atomic E-state index is 12.3. The molecule has 1 heterocycles. The van der Waals surface area contributed by atoms with Gasteiger partial charge in [-0.3, -0.25) is 38.1 Å². The predicted octanol–water partition coefficient (Wildman–Crippen LogP) is -1.46. The third kappa shape index (κ3) is 9.32. The summed E-state index contributed by atoms with van der Waals surface area (Å²) in [6.45, 7) is 3.06. The van der Waals surface area contributed by atoms with Gasteiger partial charge in [0.25, 0.3) is 5.56 Å². The zero-order chi connectivity index (χ0) is 27.6. The molecule has 1 aromatic heterocycles. The molecular formula is C21H29N3O12. The quantitative estimate of drug-likeness (QED) is 0.147. The van der Waals surface area contributed by atoms with Crippen LogP contribution in [0, 0.1) is 0 Å². The van der Waals surface area contributed by atoms with Crippen LogP contribution in [0.4, 0.5) is 0 Å². The second kappa shape index (κ2) is 13.8. The molecule has 1 N–H and O–H groups in total. The number of rotatable bonds is 12. The van der Waals surface area contributed by atoms with Crippen LogP contribution in [0.2, 0.25) is 0 Å². The van der Waals surface area contributed by atoms with Gasteiger partial charge in [-0.15, -0.1) is 0 Å². The van der Waals surface area contributed by atoms with Gasteiger partial charge in [0.1, 0.15) is 31.4 Å². The third-order valence-corrected chi connectivity index (χ3v) is 4.40. The van der Waals surface area contributed by atoms with Crippen LogP contribution in [-0.4, -0.2) is 82.6 Å². The van der Waals surface area contributed by atoms with Crippen molar-refractivity contribution < 1.29 is 48.0 Å². The molecule has 36 heavy (non-hydrogen) atoms. The van der Waals surface area contributed by atoms with Crippen LogP contribution in [-0.2, 0) is 57.0 Å². The van der Waals surface area contributed by atoms with Gasteiger partial charge in [-0.1, -0.05) is 0 Å². The molecule has 0 saturated heterocycles. The first-order valence-electron chi connectivity index (χ1n) is 10.5. The number of aromatic nitrogens is 2. The molecule has 200 valence electrons. The van der Waals surface area contributed by atoms with Crippen LogP contribution in [0.5, 0.6) is 5.88 Å². The number of nitrogens with zero attached hydrogens (tertiary/aromatic N) is 3. The van der Waals surface area contributed by atoms with E-state index in [0.717, 1.165) is 43.0 Å². The monoisotopic (exact) mass is 515 g/mol. The molecule has 1 unspecified atom stereocenters. The summed E-state index contributed by atoms with van der Waals surface area (Å²) < 4.78 is 27.3. The molecule has 15 nitrogen and oxygen atoms in total. The first-order valence-corrected chi connectivity index (χ1v) is 10.5. The molecule has 0 fully saturated rings. The second-order valence-electron chi connectivity index (χ2n) is 7.40.